The molecule has 4 heteroatoms. The first-order valence-corrected chi connectivity index (χ1v) is 5.88. The van der Waals surface area contributed by atoms with Crippen molar-refractivity contribution in [3.8, 4) is 6.07 Å². The van der Waals surface area contributed by atoms with Crippen LogP contribution in [0.15, 0.2) is 42.6 Å². The average molecular weight is 238 g/mol. The first-order valence-electron chi connectivity index (χ1n) is 5.88. The van der Waals surface area contributed by atoms with Crippen molar-refractivity contribution in [2.45, 2.75) is 19.4 Å². The summed E-state index contributed by atoms with van der Waals surface area (Å²) in [6, 6.07) is 13.9. The Kier molecular flexibility index (Phi) is 3.87. The summed E-state index contributed by atoms with van der Waals surface area (Å²) in [6.45, 7) is 2.10. The van der Waals surface area contributed by atoms with Gasteiger partial charge in [0.05, 0.1) is 6.04 Å². The Morgan fingerprint density at radius 1 is 1.28 bits per heavy atom. The molecule has 1 aromatic heterocycles. The van der Waals surface area contributed by atoms with Crippen molar-refractivity contribution in [2.75, 3.05) is 5.32 Å². The molecule has 0 fully saturated rings. The number of hydrogen-bond acceptors (Lipinski definition) is 4. The van der Waals surface area contributed by atoms with Crippen molar-refractivity contribution in [3.63, 3.8) is 0 Å². The molecule has 0 amide bonds. The van der Waals surface area contributed by atoms with Gasteiger partial charge < -0.3 is 5.32 Å². The standard InChI is InChI=1S/C14H14N4/c1-2-13(11-6-4-3-5-7-11)18-14-16-9-8-12(10-15)17-14/h3-9,13H,2H2,1H3,(H,16,17,18). The van der Waals surface area contributed by atoms with E-state index >= 15 is 0 Å². The van der Waals surface area contributed by atoms with E-state index in [-0.39, 0.29) is 6.04 Å². The Morgan fingerprint density at radius 2 is 2.06 bits per heavy atom. The maximum atomic E-state index is 8.80. The molecule has 0 saturated carbocycles. The van der Waals surface area contributed by atoms with Crippen molar-refractivity contribution in [2.24, 2.45) is 0 Å². The monoisotopic (exact) mass is 238 g/mol. The molecule has 2 aromatic rings. The second-order valence-electron chi connectivity index (χ2n) is 3.89. The number of nitrogens with one attached hydrogen (secondary N) is 1. The second-order valence-corrected chi connectivity index (χ2v) is 3.89. The van der Waals surface area contributed by atoms with Crippen LogP contribution in [0.3, 0.4) is 0 Å². The summed E-state index contributed by atoms with van der Waals surface area (Å²) in [5.74, 6) is 0.491. The lowest BCUT2D eigenvalue weighted by Gasteiger charge is -2.17. The molecular weight excluding hydrogens is 224 g/mol. The van der Waals surface area contributed by atoms with E-state index in [1.54, 1.807) is 12.3 Å². The zero-order valence-corrected chi connectivity index (χ0v) is 10.2. The second kappa shape index (κ2) is 5.78. The minimum atomic E-state index is 0.153. The Hall–Kier alpha value is -2.41. The fourth-order valence-corrected chi connectivity index (χ4v) is 1.75. The minimum Gasteiger partial charge on any atom is -0.347 e. The number of benzene rings is 1. The fraction of sp³-hybridized carbons (Fsp3) is 0.214. The lowest BCUT2D eigenvalue weighted by atomic mass is 10.1. The van der Waals surface area contributed by atoms with E-state index in [1.165, 1.54) is 5.56 Å². The molecule has 1 heterocycles. The van der Waals surface area contributed by atoms with Gasteiger partial charge in [-0.25, -0.2) is 9.97 Å². The van der Waals surface area contributed by atoms with Gasteiger partial charge in [0.1, 0.15) is 11.8 Å². The Morgan fingerprint density at radius 3 is 2.72 bits per heavy atom. The summed E-state index contributed by atoms with van der Waals surface area (Å²) >= 11 is 0. The Bertz CT molecular complexity index is 545. The van der Waals surface area contributed by atoms with Crippen LogP contribution in [0.5, 0.6) is 0 Å². The van der Waals surface area contributed by atoms with Gasteiger partial charge in [-0.1, -0.05) is 37.3 Å². The molecule has 0 aliphatic heterocycles. The van der Waals surface area contributed by atoms with E-state index in [0.717, 1.165) is 6.42 Å². The fourth-order valence-electron chi connectivity index (χ4n) is 1.75. The first-order chi connectivity index (χ1) is 8.83. The topological polar surface area (TPSA) is 61.6 Å². The summed E-state index contributed by atoms with van der Waals surface area (Å²) < 4.78 is 0. The van der Waals surface area contributed by atoms with Gasteiger partial charge in [-0.05, 0) is 18.1 Å². The predicted octanol–water partition coefficient (Wildman–Crippen LogP) is 2.91. The highest BCUT2D eigenvalue weighted by Crippen LogP contribution is 2.20. The molecule has 0 spiro atoms. The van der Waals surface area contributed by atoms with E-state index in [1.807, 2.05) is 24.3 Å². The smallest absolute Gasteiger partial charge is 0.224 e. The number of nitriles is 1. The summed E-state index contributed by atoms with van der Waals surface area (Å²) in [4.78, 5) is 8.25. The third-order valence-corrected chi connectivity index (χ3v) is 2.68. The molecular formula is C14H14N4. The van der Waals surface area contributed by atoms with E-state index in [9.17, 15) is 0 Å². The molecule has 1 aromatic carbocycles. The van der Waals surface area contributed by atoms with Gasteiger partial charge in [-0.3, -0.25) is 0 Å². The highest BCUT2D eigenvalue weighted by molar-refractivity contribution is 5.34. The molecule has 4 nitrogen and oxygen atoms in total. The van der Waals surface area contributed by atoms with Gasteiger partial charge in [-0.15, -0.1) is 0 Å². The molecule has 0 aliphatic rings. The van der Waals surface area contributed by atoms with Crippen LogP contribution < -0.4 is 5.32 Å². The third-order valence-electron chi connectivity index (χ3n) is 2.68. The zero-order chi connectivity index (χ0) is 12.8. The largest absolute Gasteiger partial charge is 0.347 e. The Labute approximate surface area is 106 Å². The maximum Gasteiger partial charge on any atom is 0.224 e. The zero-order valence-electron chi connectivity index (χ0n) is 10.2. The number of rotatable bonds is 4. The van der Waals surface area contributed by atoms with Crippen molar-refractivity contribution >= 4 is 5.95 Å². The van der Waals surface area contributed by atoms with Crippen molar-refractivity contribution in [1.29, 1.82) is 5.26 Å². The number of aromatic nitrogens is 2. The normalized spacial score (nSPS) is 11.6. The lowest BCUT2D eigenvalue weighted by Crippen LogP contribution is -2.12. The van der Waals surface area contributed by atoms with Crippen LogP contribution in [-0.2, 0) is 0 Å². The molecule has 1 N–H and O–H groups in total. The van der Waals surface area contributed by atoms with Gasteiger partial charge in [0, 0.05) is 6.20 Å². The number of anilines is 1. The van der Waals surface area contributed by atoms with Crippen LogP contribution in [0.1, 0.15) is 30.6 Å². The van der Waals surface area contributed by atoms with E-state index in [0.29, 0.717) is 11.6 Å². The average Bonchev–Trinajstić information content (AvgIpc) is 2.46. The van der Waals surface area contributed by atoms with E-state index in [2.05, 4.69) is 34.3 Å². The highest BCUT2D eigenvalue weighted by Gasteiger charge is 2.10. The lowest BCUT2D eigenvalue weighted by molar-refractivity contribution is 0.738. The van der Waals surface area contributed by atoms with Crippen molar-refractivity contribution < 1.29 is 0 Å². The van der Waals surface area contributed by atoms with Gasteiger partial charge >= 0.3 is 0 Å². The van der Waals surface area contributed by atoms with Crippen LogP contribution >= 0.6 is 0 Å². The van der Waals surface area contributed by atoms with Crippen molar-refractivity contribution in [1.82, 2.24) is 9.97 Å². The van der Waals surface area contributed by atoms with Crippen LogP contribution in [0.25, 0.3) is 0 Å². The van der Waals surface area contributed by atoms with Gasteiger partial charge in [0.25, 0.3) is 0 Å². The van der Waals surface area contributed by atoms with Crippen LogP contribution in [-0.4, -0.2) is 9.97 Å². The summed E-state index contributed by atoms with van der Waals surface area (Å²) in [5.41, 5.74) is 1.56. The minimum absolute atomic E-state index is 0.153. The molecule has 0 aliphatic carbocycles. The van der Waals surface area contributed by atoms with Gasteiger partial charge in [-0.2, -0.15) is 5.26 Å². The number of hydrogen-bond donors (Lipinski definition) is 1. The molecule has 0 radical (unpaired) electrons. The number of nitrogens with zero attached hydrogens (tertiary/aromatic N) is 3. The SMILES string of the molecule is CCC(Nc1nccc(C#N)n1)c1ccccc1. The predicted molar refractivity (Wildman–Crippen MR) is 69.8 cm³/mol. The van der Waals surface area contributed by atoms with E-state index in [4.69, 9.17) is 5.26 Å². The van der Waals surface area contributed by atoms with Crippen LogP contribution in [0, 0.1) is 11.3 Å². The quantitative estimate of drug-likeness (QED) is 0.889. The summed E-state index contributed by atoms with van der Waals surface area (Å²) in [6.07, 6.45) is 2.51. The molecule has 90 valence electrons. The van der Waals surface area contributed by atoms with Crippen molar-refractivity contribution in [3.05, 3.63) is 53.9 Å². The maximum absolute atomic E-state index is 8.80. The van der Waals surface area contributed by atoms with Gasteiger partial charge in [0.15, 0.2) is 0 Å². The summed E-state index contributed by atoms with van der Waals surface area (Å²) in [7, 11) is 0. The molecule has 0 saturated heterocycles. The van der Waals surface area contributed by atoms with Crippen LogP contribution in [0.2, 0.25) is 0 Å². The molecule has 18 heavy (non-hydrogen) atoms. The molecule has 0 bridgehead atoms. The summed E-state index contributed by atoms with van der Waals surface area (Å²) in [5, 5.41) is 12.0. The van der Waals surface area contributed by atoms with Crippen LogP contribution in [0.4, 0.5) is 5.95 Å². The van der Waals surface area contributed by atoms with E-state index < -0.39 is 0 Å². The highest BCUT2D eigenvalue weighted by atomic mass is 15.1. The van der Waals surface area contributed by atoms with Gasteiger partial charge in [0.2, 0.25) is 5.95 Å². The molecule has 1 atom stereocenters. The Balaban J connectivity index is 2.18. The third kappa shape index (κ3) is 2.83. The molecule has 1 unspecified atom stereocenters. The first kappa shape index (κ1) is 12.1. The molecule has 2 rings (SSSR count).